The van der Waals surface area contributed by atoms with E-state index in [1.807, 2.05) is 24.3 Å². The van der Waals surface area contributed by atoms with Crippen molar-refractivity contribution in [2.75, 3.05) is 39.1 Å². The summed E-state index contributed by atoms with van der Waals surface area (Å²) in [6.07, 6.45) is 2.50. The van der Waals surface area contributed by atoms with Crippen LogP contribution in [-0.4, -0.2) is 48.8 Å². The number of piperidine rings is 1. The average Bonchev–Trinajstić information content (AvgIpc) is 3.02. The number of methoxy groups -OCH3 is 1. The monoisotopic (exact) mass is 302 g/mol. The Morgan fingerprint density at radius 2 is 2.36 bits per heavy atom. The van der Waals surface area contributed by atoms with Gasteiger partial charge in [-0.25, -0.2) is 0 Å². The molecule has 2 heterocycles. The Balaban J connectivity index is 1.61. The third-order valence-corrected chi connectivity index (χ3v) is 4.02. The number of likely N-dealkylation sites (tertiary alicyclic amines) is 1. The van der Waals surface area contributed by atoms with Crippen molar-refractivity contribution in [1.29, 1.82) is 0 Å². The van der Waals surface area contributed by atoms with Gasteiger partial charge in [-0.2, -0.15) is 4.98 Å². The van der Waals surface area contributed by atoms with Gasteiger partial charge in [0.05, 0.1) is 7.11 Å². The second-order valence-electron chi connectivity index (χ2n) is 5.81. The van der Waals surface area contributed by atoms with Gasteiger partial charge >= 0.3 is 6.01 Å². The summed E-state index contributed by atoms with van der Waals surface area (Å²) < 4.78 is 10.5. The zero-order valence-electron chi connectivity index (χ0n) is 13.1. The van der Waals surface area contributed by atoms with Crippen LogP contribution in [0, 0.1) is 5.92 Å². The predicted octanol–water partition coefficient (Wildman–Crippen LogP) is 2.50. The second-order valence-corrected chi connectivity index (χ2v) is 5.81. The molecule has 1 aliphatic rings. The molecule has 6 nitrogen and oxygen atoms in total. The van der Waals surface area contributed by atoms with Gasteiger partial charge < -0.3 is 19.5 Å². The van der Waals surface area contributed by atoms with Crippen molar-refractivity contribution in [2.45, 2.75) is 12.8 Å². The summed E-state index contributed by atoms with van der Waals surface area (Å²) >= 11 is 0. The number of anilines is 1. The molecule has 1 atom stereocenters. The van der Waals surface area contributed by atoms with E-state index in [2.05, 4.69) is 27.4 Å². The third-order valence-electron chi connectivity index (χ3n) is 4.02. The van der Waals surface area contributed by atoms with E-state index in [0.29, 0.717) is 17.8 Å². The molecule has 0 spiro atoms. The molecule has 1 aromatic heterocycles. The average molecular weight is 302 g/mol. The van der Waals surface area contributed by atoms with Crippen molar-refractivity contribution in [3.63, 3.8) is 0 Å². The van der Waals surface area contributed by atoms with Gasteiger partial charge in [0.1, 0.15) is 5.75 Å². The maximum Gasteiger partial charge on any atom is 0.321 e. The molecule has 6 heteroatoms. The minimum absolute atomic E-state index is 0.478. The second kappa shape index (κ2) is 6.79. The van der Waals surface area contributed by atoms with E-state index < -0.39 is 0 Å². The molecule has 2 aromatic rings. The molecular weight excluding hydrogens is 280 g/mol. The highest BCUT2D eigenvalue weighted by molar-refractivity contribution is 5.57. The minimum atomic E-state index is 0.478. The summed E-state index contributed by atoms with van der Waals surface area (Å²) in [4.78, 5) is 6.77. The lowest BCUT2D eigenvalue weighted by molar-refractivity contribution is 0.216. The van der Waals surface area contributed by atoms with Crippen molar-refractivity contribution in [1.82, 2.24) is 15.0 Å². The number of rotatable bonds is 5. The molecule has 1 N–H and O–H groups in total. The molecule has 3 rings (SSSR count). The highest BCUT2D eigenvalue weighted by atomic mass is 16.5. The summed E-state index contributed by atoms with van der Waals surface area (Å²) in [5, 5.41) is 7.28. The Morgan fingerprint density at radius 1 is 1.45 bits per heavy atom. The van der Waals surface area contributed by atoms with Crippen LogP contribution in [0.25, 0.3) is 11.4 Å². The Bertz CT molecular complexity index is 614. The zero-order valence-corrected chi connectivity index (χ0v) is 13.1. The SMILES string of the molecule is COc1cccc(-c2noc(NCC3CCCN(C)C3)n2)c1. The summed E-state index contributed by atoms with van der Waals surface area (Å²) in [7, 11) is 3.81. The summed E-state index contributed by atoms with van der Waals surface area (Å²) in [5.41, 5.74) is 0.883. The van der Waals surface area contributed by atoms with E-state index >= 15 is 0 Å². The van der Waals surface area contributed by atoms with Crippen LogP contribution >= 0.6 is 0 Å². The molecule has 1 fully saturated rings. The lowest BCUT2D eigenvalue weighted by atomic mass is 9.99. The van der Waals surface area contributed by atoms with Gasteiger partial charge in [0.2, 0.25) is 5.82 Å². The number of nitrogens with zero attached hydrogens (tertiary/aromatic N) is 3. The van der Waals surface area contributed by atoms with E-state index in [1.54, 1.807) is 7.11 Å². The number of aromatic nitrogens is 2. The molecule has 1 saturated heterocycles. The first-order valence-corrected chi connectivity index (χ1v) is 7.65. The van der Waals surface area contributed by atoms with Gasteiger partial charge in [-0.15, -0.1) is 0 Å². The van der Waals surface area contributed by atoms with Crippen LogP contribution in [0.1, 0.15) is 12.8 Å². The van der Waals surface area contributed by atoms with Gasteiger partial charge in [0.15, 0.2) is 0 Å². The Morgan fingerprint density at radius 3 is 3.18 bits per heavy atom. The van der Waals surface area contributed by atoms with Crippen molar-refractivity contribution < 1.29 is 9.26 Å². The molecule has 0 amide bonds. The molecule has 22 heavy (non-hydrogen) atoms. The van der Waals surface area contributed by atoms with Crippen molar-refractivity contribution >= 4 is 6.01 Å². The molecule has 0 saturated carbocycles. The first kappa shape index (κ1) is 14.8. The first-order chi connectivity index (χ1) is 10.7. The predicted molar refractivity (Wildman–Crippen MR) is 85.0 cm³/mol. The fourth-order valence-electron chi connectivity index (χ4n) is 2.85. The summed E-state index contributed by atoms with van der Waals surface area (Å²) in [5.74, 6) is 1.98. The van der Waals surface area contributed by atoms with E-state index in [0.717, 1.165) is 24.4 Å². The van der Waals surface area contributed by atoms with Crippen LogP contribution in [0.15, 0.2) is 28.8 Å². The van der Waals surface area contributed by atoms with Crippen LogP contribution < -0.4 is 10.1 Å². The number of ether oxygens (including phenoxy) is 1. The summed E-state index contributed by atoms with van der Waals surface area (Å²) in [6, 6.07) is 8.11. The molecule has 0 aliphatic carbocycles. The first-order valence-electron chi connectivity index (χ1n) is 7.65. The smallest absolute Gasteiger partial charge is 0.321 e. The minimum Gasteiger partial charge on any atom is -0.497 e. The molecule has 118 valence electrons. The topological polar surface area (TPSA) is 63.4 Å². The number of hydrogen-bond acceptors (Lipinski definition) is 6. The zero-order chi connectivity index (χ0) is 15.4. The van der Waals surface area contributed by atoms with Gasteiger partial charge in [-0.3, -0.25) is 0 Å². The lowest BCUT2D eigenvalue weighted by Crippen LogP contribution is -2.35. The third kappa shape index (κ3) is 3.57. The van der Waals surface area contributed by atoms with Crippen molar-refractivity contribution in [3.05, 3.63) is 24.3 Å². The number of benzene rings is 1. The van der Waals surface area contributed by atoms with Crippen LogP contribution in [0.3, 0.4) is 0 Å². The van der Waals surface area contributed by atoms with Gasteiger partial charge in [-0.1, -0.05) is 17.3 Å². The van der Waals surface area contributed by atoms with E-state index in [9.17, 15) is 0 Å². The Labute approximate surface area is 130 Å². The standard InChI is InChI=1S/C16H22N4O2/c1-20-8-4-5-12(11-20)10-17-16-18-15(19-22-16)13-6-3-7-14(9-13)21-2/h3,6-7,9,12H,4-5,8,10-11H2,1-2H3,(H,17,18,19). The highest BCUT2D eigenvalue weighted by Crippen LogP contribution is 2.22. The van der Waals surface area contributed by atoms with Gasteiger partial charge in [0.25, 0.3) is 0 Å². The molecule has 0 bridgehead atoms. The van der Waals surface area contributed by atoms with Gasteiger partial charge in [0, 0.05) is 18.7 Å². The van der Waals surface area contributed by atoms with Gasteiger partial charge in [-0.05, 0) is 44.5 Å². The Hall–Kier alpha value is -2.08. The Kier molecular flexibility index (Phi) is 4.58. The number of nitrogens with one attached hydrogen (secondary N) is 1. The van der Waals surface area contributed by atoms with E-state index in [1.165, 1.54) is 19.4 Å². The maximum absolute atomic E-state index is 5.28. The van der Waals surface area contributed by atoms with Crippen LogP contribution in [0.2, 0.25) is 0 Å². The molecule has 1 unspecified atom stereocenters. The largest absolute Gasteiger partial charge is 0.497 e. The van der Waals surface area contributed by atoms with E-state index in [4.69, 9.17) is 9.26 Å². The molecule has 1 aliphatic heterocycles. The summed E-state index contributed by atoms with van der Waals surface area (Å²) in [6.45, 7) is 3.17. The fourth-order valence-corrected chi connectivity index (χ4v) is 2.85. The highest BCUT2D eigenvalue weighted by Gasteiger charge is 2.18. The van der Waals surface area contributed by atoms with Crippen LogP contribution in [0.4, 0.5) is 6.01 Å². The van der Waals surface area contributed by atoms with Crippen LogP contribution in [-0.2, 0) is 0 Å². The fraction of sp³-hybridized carbons (Fsp3) is 0.500. The molecule has 1 aromatic carbocycles. The molecule has 0 radical (unpaired) electrons. The van der Waals surface area contributed by atoms with Crippen molar-refractivity contribution in [3.8, 4) is 17.1 Å². The van der Waals surface area contributed by atoms with E-state index in [-0.39, 0.29) is 0 Å². The van der Waals surface area contributed by atoms with Crippen LogP contribution in [0.5, 0.6) is 5.75 Å². The normalized spacial score (nSPS) is 19.1. The quantitative estimate of drug-likeness (QED) is 0.915. The lowest BCUT2D eigenvalue weighted by Gasteiger charge is -2.29. The molecular formula is C16H22N4O2. The number of hydrogen-bond donors (Lipinski definition) is 1. The van der Waals surface area contributed by atoms with Crippen molar-refractivity contribution in [2.24, 2.45) is 5.92 Å². The maximum atomic E-state index is 5.28.